The molecule has 8 heteroatoms. The molecule has 3 amide bonds. The molecule has 4 rings (SSSR count). The van der Waals surface area contributed by atoms with Crippen molar-refractivity contribution in [1.29, 1.82) is 0 Å². The molecule has 0 saturated carbocycles. The van der Waals surface area contributed by atoms with Gasteiger partial charge >= 0.3 is 12.0 Å². The van der Waals surface area contributed by atoms with Gasteiger partial charge in [0.25, 0.3) is 0 Å². The van der Waals surface area contributed by atoms with Crippen LogP contribution in [0.2, 0.25) is 0 Å². The van der Waals surface area contributed by atoms with Gasteiger partial charge in [0.15, 0.2) is 6.61 Å². The van der Waals surface area contributed by atoms with Crippen molar-refractivity contribution in [3.63, 3.8) is 0 Å². The van der Waals surface area contributed by atoms with Gasteiger partial charge in [-0.15, -0.1) is 0 Å². The van der Waals surface area contributed by atoms with E-state index in [9.17, 15) is 19.2 Å². The van der Waals surface area contributed by atoms with E-state index in [1.165, 1.54) is 5.56 Å². The highest BCUT2D eigenvalue weighted by atomic mass is 16.5. The van der Waals surface area contributed by atoms with E-state index in [-0.39, 0.29) is 37.0 Å². The summed E-state index contributed by atoms with van der Waals surface area (Å²) < 4.78 is 7.36. The number of benzene rings is 2. The number of rotatable bonds is 9. The van der Waals surface area contributed by atoms with Crippen LogP contribution in [0.5, 0.6) is 0 Å². The highest BCUT2D eigenvalue weighted by molar-refractivity contribution is 6.02. The largest absolute Gasteiger partial charge is 0.454 e. The standard InChI is InChI=1S/C27H27N3O5/c1-18-14-23(19(2)29(18)13-12-20-6-4-3-5-7-20)24(31)17-35-26(33)22-10-8-21(9-11-22)16-30-25(32)15-28-27(30)34/h3-11,14H,12-13,15-17H2,1-2H3,(H,28,34). The number of esters is 1. The highest BCUT2D eigenvalue weighted by Crippen LogP contribution is 2.18. The van der Waals surface area contributed by atoms with Gasteiger partial charge in [-0.1, -0.05) is 42.5 Å². The number of nitrogens with zero attached hydrogens (tertiary/aromatic N) is 2. The SMILES string of the molecule is Cc1cc(C(=O)COC(=O)c2ccc(CN3C(=O)CNC3=O)cc2)c(C)n1CCc1ccccc1. The van der Waals surface area contributed by atoms with Gasteiger partial charge in [-0.25, -0.2) is 9.59 Å². The van der Waals surface area contributed by atoms with Crippen LogP contribution in [0.1, 0.15) is 43.2 Å². The molecule has 1 saturated heterocycles. The smallest absolute Gasteiger partial charge is 0.338 e. The quantitative estimate of drug-likeness (QED) is 0.292. The van der Waals surface area contributed by atoms with Crippen LogP contribution >= 0.6 is 0 Å². The maximum atomic E-state index is 12.8. The van der Waals surface area contributed by atoms with Crippen molar-refractivity contribution in [2.24, 2.45) is 0 Å². The Hall–Kier alpha value is -4.20. The second kappa shape index (κ2) is 10.4. The van der Waals surface area contributed by atoms with Gasteiger partial charge in [0.1, 0.15) is 0 Å². The van der Waals surface area contributed by atoms with Gasteiger partial charge in [-0.05, 0) is 49.6 Å². The minimum absolute atomic E-state index is 0.00726. The molecule has 1 aromatic heterocycles. The van der Waals surface area contributed by atoms with Gasteiger partial charge in [-0.3, -0.25) is 14.5 Å². The molecule has 1 N–H and O–H groups in total. The predicted octanol–water partition coefficient (Wildman–Crippen LogP) is 3.44. The number of urea groups is 1. The highest BCUT2D eigenvalue weighted by Gasteiger charge is 2.28. The average molecular weight is 474 g/mol. The molecule has 3 aromatic rings. The number of amides is 3. The molecule has 2 heterocycles. The van der Waals surface area contributed by atoms with Crippen LogP contribution in [0.4, 0.5) is 4.79 Å². The molecular weight excluding hydrogens is 446 g/mol. The average Bonchev–Trinajstić information content (AvgIpc) is 3.34. The number of aromatic nitrogens is 1. The number of ketones is 1. The third-order valence-electron chi connectivity index (χ3n) is 6.14. The van der Waals surface area contributed by atoms with Gasteiger partial charge in [0, 0.05) is 23.5 Å². The number of hydrogen-bond donors (Lipinski definition) is 1. The molecule has 0 bridgehead atoms. The van der Waals surface area contributed by atoms with Crippen molar-refractivity contribution in [3.05, 3.63) is 94.3 Å². The van der Waals surface area contributed by atoms with Crippen LogP contribution in [-0.4, -0.2) is 46.3 Å². The molecule has 35 heavy (non-hydrogen) atoms. The Labute approximate surface area is 203 Å². The van der Waals surface area contributed by atoms with E-state index < -0.39 is 12.0 Å². The molecule has 1 fully saturated rings. The van der Waals surface area contributed by atoms with Crippen molar-refractivity contribution in [3.8, 4) is 0 Å². The second-order valence-electron chi connectivity index (χ2n) is 8.51. The molecular formula is C27H27N3O5. The third-order valence-corrected chi connectivity index (χ3v) is 6.14. The number of carbonyl (C=O) groups excluding carboxylic acids is 4. The minimum Gasteiger partial charge on any atom is -0.454 e. The Kier molecular flexibility index (Phi) is 7.10. The molecule has 0 radical (unpaired) electrons. The predicted molar refractivity (Wildman–Crippen MR) is 129 cm³/mol. The van der Waals surface area contributed by atoms with E-state index in [2.05, 4.69) is 22.0 Å². The zero-order valence-electron chi connectivity index (χ0n) is 19.7. The first kappa shape index (κ1) is 23.9. The van der Waals surface area contributed by atoms with Crippen LogP contribution in [0.25, 0.3) is 0 Å². The fraction of sp³-hybridized carbons (Fsp3) is 0.259. The normalized spacial score (nSPS) is 13.1. The van der Waals surface area contributed by atoms with Gasteiger partial charge in [0.2, 0.25) is 11.7 Å². The fourth-order valence-corrected chi connectivity index (χ4v) is 4.15. The minimum atomic E-state index is -0.613. The Balaban J connectivity index is 1.33. The van der Waals surface area contributed by atoms with E-state index >= 15 is 0 Å². The number of carbonyl (C=O) groups is 4. The summed E-state index contributed by atoms with van der Waals surface area (Å²) >= 11 is 0. The van der Waals surface area contributed by atoms with E-state index in [4.69, 9.17) is 4.74 Å². The maximum absolute atomic E-state index is 12.8. The Morgan fingerprint density at radius 3 is 2.34 bits per heavy atom. The van der Waals surface area contributed by atoms with E-state index in [1.807, 2.05) is 38.1 Å². The van der Waals surface area contributed by atoms with Crippen LogP contribution in [0.15, 0.2) is 60.7 Å². The van der Waals surface area contributed by atoms with E-state index in [1.54, 1.807) is 24.3 Å². The zero-order chi connectivity index (χ0) is 24.9. The van der Waals surface area contributed by atoms with Gasteiger partial charge in [0.05, 0.1) is 18.7 Å². The van der Waals surface area contributed by atoms with Crippen LogP contribution in [0.3, 0.4) is 0 Å². The fourth-order valence-electron chi connectivity index (χ4n) is 4.15. The maximum Gasteiger partial charge on any atom is 0.338 e. The molecule has 1 aliphatic rings. The molecule has 0 atom stereocenters. The number of ether oxygens (including phenoxy) is 1. The summed E-state index contributed by atoms with van der Waals surface area (Å²) in [7, 11) is 0. The Morgan fingerprint density at radius 1 is 0.971 bits per heavy atom. The van der Waals surface area contributed by atoms with Crippen LogP contribution in [-0.2, 0) is 29.0 Å². The first-order valence-electron chi connectivity index (χ1n) is 11.4. The monoisotopic (exact) mass is 473 g/mol. The number of nitrogens with one attached hydrogen (secondary N) is 1. The molecule has 1 aliphatic heterocycles. The summed E-state index contributed by atoms with van der Waals surface area (Å²) in [4.78, 5) is 49.7. The first-order valence-corrected chi connectivity index (χ1v) is 11.4. The van der Waals surface area contributed by atoms with Gasteiger partial charge < -0.3 is 14.6 Å². The molecule has 8 nitrogen and oxygen atoms in total. The lowest BCUT2D eigenvalue weighted by Crippen LogP contribution is -2.30. The molecule has 0 aliphatic carbocycles. The topological polar surface area (TPSA) is 97.7 Å². The summed E-state index contributed by atoms with van der Waals surface area (Å²) in [5.74, 6) is -1.17. The van der Waals surface area contributed by atoms with Crippen molar-refractivity contribution in [1.82, 2.24) is 14.8 Å². The third kappa shape index (κ3) is 5.48. The summed E-state index contributed by atoms with van der Waals surface area (Å²) in [6, 6.07) is 18.0. The number of hydrogen-bond acceptors (Lipinski definition) is 5. The first-order chi connectivity index (χ1) is 16.8. The number of aryl methyl sites for hydroxylation is 2. The van der Waals surface area contributed by atoms with Crippen molar-refractivity contribution < 1.29 is 23.9 Å². The van der Waals surface area contributed by atoms with E-state index in [0.717, 1.165) is 29.3 Å². The summed E-state index contributed by atoms with van der Waals surface area (Å²) in [5, 5.41) is 2.46. The van der Waals surface area contributed by atoms with Gasteiger partial charge in [-0.2, -0.15) is 0 Å². The number of imide groups is 1. The zero-order valence-corrected chi connectivity index (χ0v) is 19.7. The van der Waals surface area contributed by atoms with Crippen molar-refractivity contribution >= 4 is 23.7 Å². The summed E-state index contributed by atoms with van der Waals surface area (Å²) in [6.45, 7) is 4.38. The van der Waals surface area contributed by atoms with E-state index in [0.29, 0.717) is 11.1 Å². The molecule has 180 valence electrons. The summed E-state index contributed by atoms with van der Waals surface area (Å²) in [6.07, 6.45) is 0.854. The van der Waals surface area contributed by atoms with Crippen LogP contribution < -0.4 is 5.32 Å². The molecule has 0 unspecified atom stereocenters. The lowest BCUT2D eigenvalue weighted by atomic mass is 10.1. The van der Waals surface area contributed by atoms with Crippen LogP contribution in [0, 0.1) is 13.8 Å². The Morgan fingerprint density at radius 2 is 1.69 bits per heavy atom. The Bertz CT molecular complexity index is 1250. The lowest BCUT2D eigenvalue weighted by molar-refractivity contribution is -0.125. The second-order valence-corrected chi connectivity index (χ2v) is 8.51. The lowest BCUT2D eigenvalue weighted by Gasteiger charge is -2.12. The van der Waals surface area contributed by atoms with Crippen molar-refractivity contribution in [2.45, 2.75) is 33.4 Å². The molecule has 0 spiro atoms. The van der Waals surface area contributed by atoms with Crippen molar-refractivity contribution in [2.75, 3.05) is 13.2 Å². The molecule has 2 aromatic carbocycles. The number of Topliss-reactive ketones (excluding diaryl/α,β-unsaturated/α-hetero) is 1. The summed E-state index contributed by atoms with van der Waals surface area (Å²) in [5.41, 5.74) is 4.59.